The number of nitrogens with one attached hydrogen (secondary N) is 2. The number of fused-ring (bicyclic) bond motifs is 1. The summed E-state index contributed by atoms with van der Waals surface area (Å²) in [4.78, 5) is 28.7. The molecule has 4 aliphatic heterocycles. The van der Waals surface area contributed by atoms with Gasteiger partial charge in [0.05, 0.1) is 31.3 Å². The first kappa shape index (κ1) is 22.8. The fraction of sp³-hybridized carbons (Fsp3) is 0.750. The fourth-order valence-electron chi connectivity index (χ4n) is 4.97. The Labute approximate surface area is 191 Å². The zero-order chi connectivity index (χ0) is 22.3. The summed E-state index contributed by atoms with van der Waals surface area (Å²) in [5, 5.41) is 27.5. The van der Waals surface area contributed by atoms with Gasteiger partial charge >= 0.3 is 5.97 Å². The van der Waals surface area contributed by atoms with Crippen LogP contribution in [0.2, 0.25) is 0 Å². The standard InChI is InChI=1S/C20H30N4O5S2/c1-10-15-14(11(2)25)18(26)24(15)16(19(27)28)17(10)31-13-7-12(21-9-13)8-22-20(30)23-3-5-29-6-4-23/h10-15,21,25H,3-9H2,1-2H3,(H,22,30)(H,27,28)/t10-,11-,12+,13+,14?,15-/m1/s1. The van der Waals surface area contributed by atoms with Crippen LogP contribution in [0.3, 0.4) is 0 Å². The van der Waals surface area contributed by atoms with Crippen molar-refractivity contribution in [1.29, 1.82) is 0 Å². The van der Waals surface area contributed by atoms with E-state index in [4.69, 9.17) is 17.0 Å². The predicted molar refractivity (Wildman–Crippen MR) is 120 cm³/mol. The van der Waals surface area contributed by atoms with Crippen molar-refractivity contribution in [3.05, 3.63) is 10.6 Å². The summed E-state index contributed by atoms with van der Waals surface area (Å²) >= 11 is 7.05. The van der Waals surface area contributed by atoms with E-state index >= 15 is 0 Å². The Balaban J connectivity index is 1.34. The number of rotatable bonds is 6. The molecule has 0 aromatic rings. The van der Waals surface area contributed by atoms with Gasteiger partial charge in [-0.05, 0) is 25.6 Å². The fourth-order valence-corrected chi connectivity index (χ4v) is 6.76. The van der Waals surface area contributed by atoms with Crippen molar-refractivity contribution in [3.8, 4) is 0 Å². The number of aliphatic carboxylic acids is 1. The van der Waals surface area contributed by atoms with Crippen molar-refractivity contribution in [2.45, 2.75) is 43.7 Å². The molecule has 4 rings (SSSR count). The van der Waals surface area contributed by atoms with Crippen LogP contribution in [-0.2, 0) is 14.3 Å². The van der Waals surface area contributed by atoms with Gasteiger partial charge in [-0.2, -0.15) is 0 Å². The van der Waals surface area contributed by atoms with Crippen LogP contribution >= 0.6 is 24.0 Å². The van der Waals surface area contributed by atoms with Crippen molar-refractivity contribution in [2.24, 2.45) is 11.8 Å². The van der Waals surface area contributed by atoms with Crippen molar-refractivity contribution in [2.75, 3.05) is 39.4 Å². The summed E-state index contributed by atoms with van der Waals surface area (Å²) in [6.45, 7) is 8.02. The number of amides is 1. The van der Waals surface area contributed by atoms with Gasteiger partial charge in [0.1, 0.15) is 5.70 Å². The molecule has 0 radical (unpaired) electrons. The number of carboxylic acids is 1. The van der Waals surface area contributed by atoms with Crippen LogP contribution in [0.5, 0.6) is 0 Å². The smallest absolute Gasteiger partial charge is 0.353 e. The van der Waals surface area contributed by atoms with Crippen LogP contribution in [0.4, 0.5) is 0 Å². The second-order valence-corrected chi connectivity index (χ2v) is 10.4. The van der Waals surface area contributed by atoms with Crippen LogP contribution < -0.4 is 10.6 Å². The highest BCUT2D eigenvalue weighted by Crippen LogP contribution is 2.51. The molecule has 0 aliphatic carbocycles. The van der Waals surface area contributed by atoms with E-state index in [-0.39, 0.29) is 34.9 Å². The molecule has 0 aromatic heterocycles. The van der Waals surface area contributed by atoms with Crippen molar-refractivity contribution < 1.29 is 24.5 Å². The number of thioether (sulfide) groups is 1. The lowest BCUT2D eigenvalue weighted by Gasteiger charge is -2.46. The third kappa shape index (κ3) is 4.30. The number of carbonyl (C=O) groups is 2. The Morgan fingerprint density at radius 1 is 1.42 bits per heavy atom. The van der Waals surface area contributed by atoms with Crippen LogP contribution in [0.15, 0.2) is 10.6 Å². The van der Waals surface area contributed by atoms with Gasteiger partial charge in [-0.3, -0.25) is 4.79 Å². The highest BCUT2D eigenvalue weighted by Gasteiger charge is 2.60. The van der Waals surface area contributed by atoms with E-state index < -0.39 is 18.0 Å². The van der Waals surface area contributed by atoms with Gasteiger partial charge in [-0.25, -0.2) is 4.79 Å². The van der Waals surface area contributed by atoms with E-state index in [1.54, 1.807) is 18.7 Å². The van der Waals surface area contributed by atoms with E-state index in [0.29, 0.717) is 19.8 Å². The molecule has 4 aliphatic rings. The Kier molecular flexibility index (Phi) is 6.78. The molecule has 1 unspecified atom stereocenters. The third-order valence-corrected chi connectivity index (χ3v) is 8.50. The van der Waals surface area contributed by atoms with E-state index in [0.717, 1.165) is 36.1 Å². The molecular weight excluding hydrogens is 440 g/mol. The number of thiocarbonyl (C=S) groups is 1. The highest BCUT2D eigenvalue weighted by molar-refractivity contribution is 8.03. The lowest BCUT2D eigenvalue weighted by atomic mass is 9.79. The number of hydrogen-bond acceptors (Lipinski definition) is 7. The number of hydrogen-bond donors (Lipinski definition) is 4. The molecular formula is C20H30N4O5S2. The number of carboxylic acid groups (broad SMARTS) is 1. The molecule has 0 spiro atoms. The Bertz CT molecular complexity index is 786. The van der Waals surface area contributed by atoms with E-state index in [1.165, 1.54) is 4.90 Å². The topological polar surface area (TPSA) is 114 Å². The van der Waals surface area contributed by atoms with Gasteiger partial charge < -0.3 is 35.4 Å². The van der Waals surface area contributed by atoms with Crippen molar-refractivity contribution in [1.82, 2.24) is 20.4 Å². The maximum Gasteiger partial charge on any atom is 0.353 e. The zero-order valence-corrected chi connectivity index (χ0v) is 19.4. The maximum absolute atomic E-state index is 12.5. The summed E-state index contributed by atoms with van der Waals surface area (Å²) in [7, 11) is 0. The van der Waals surface area contributed by atoms with Gasteiger partial charge in [0.2, 0.25) is 5.91 Å². The zero-order valence-electron chi connectivity index (χ0n) is 17.7. The number of carbonyl (C=O) groups excluding carboxylic acids is 1. The van der Waals surface area contributed by atoms with Gasteiger partial charge in [0.15, 0.2) is 5.11 Å². The van der Waals surface area contributed by atoms with Gasteiger partial charge in [0, 0.05) is 48.3 Å². The summed E-state index contributed by atoms with van der Waals surface area (Å²) < 4.78 is 5.36. The van der Waals surface area contributed by atoms with Crippen molar-refractivity contribution in [3.63, 3.8) is 0 Å². The number of morpholine rings is 1. The van der Waals surface area contributed by atoms with Crippen LogP contribution in [0, 0.1) is 11.8 Å². The van der Waals surface area contributed by atoms with Crippen LogP contribution in [0.25, 0.3) is 0 Å². The second-order valence-electron chi connectivity index (χ2n) is 8.64. The first-order chi connectivity index (χ1) is 14.8. The number of ether oxygens (including phenoxy) is 1. The molecule has 0 bridgehead atoms. The molecule has 31 heavy (non-hydrogen) atoms. The molecule has 1 amide bonds. The maximum atomic E-state index is 12.5. The predicted octanol–water partition coefficient (Wildman–Crippen LogP) is -0.189. The van der Waals surface area contributed by atoms with E-state index in [2.05, 4.69) is 15.5 Å². The first-order valence-corrected chi connectivity index (χ1v) is 12.1. The largest absolute Gasteiger partial charge is 0.477 e. The normalized spacial score (nSPS) is 33.9. The molecule has 0 aromatic carbocycles. The Morgan fingerprint density at radius 3 is 2.77 bits per heavy atom. The molecule has 9 nitrogen and oxygen atoms in total. The van der Waals surface area contributed by atoms with E-state index in [9.17, 15) is 19.8 Å². The Morgan fingerprint density at radius 2 is 2.13 bits per heavy atom. The third-order valence-electron chi connectivity index (χ3n) is 6.58. The number of aliphatic hydroxyl groups excluding tert-OH is 1. The molecule has 4 heterocycles. The summed E-state index contributed by atoms with van der Waals surface area (Å²) in [5.41, 5.74) is 0.0967. The first-order valence-electron chi connectivity index (χ1n) is 10.8. The van der Waals surface area contributed by atoms with E-state index in [1.807, 2.05) is 6.92 Å². The molecule has 172 valence electrons. The second kappa shape index (κ2) is 9.22. The highest BCUT2D eigenvalue weighted by atomic mass is 32.2. The molecule has 3 fully saturated rings. The number of nitrogens with zero attached hydrogens (tertiary/aromatic N) is 2. The monoisotopic (exact) mass is 470 g/mol. The van der Waals surface area contributed by atoms with Gasteiger partial charge in [-0.15, -0.1) is 11.8 Å². The lowest BCUT2D eigenvalue weighted by Crippen LogP contribution is -2.63. The Hall–Kier alpha value is -1.40. The summed E-state index contributed by atoms with van der Waals surface area (Å²) in [5.74, 6) is -1.99. The number of β-lactam (4-membered cyclic amide) rings is 1. The molecule has 3 saturated heterocycles. The molecule has 6 atom stereocenters. The average molecular weight is 471 g/mol. The van der Waals surface area contributed by atoms with Crippen molar-refractivity contribution >= 4 is 41.0 Å². The molecule has 4 N–H and O–H groups in total. The lowest BCUT2D eigenvalue weighted by molar-refractivity contribution is -0.163. The summed E-state index contributed by atoms with van der Waals surface area (Å²) in [6.07, 6.45) is 0.0970. The SMILES string of the molecule is C[C@@H](O)C1C(=O)N2C(C(=O)O)=C(S[C@@H]3CN[C@H](CNC(=S)N4CCOCC4)C3)[C@H](C)[C@H]12. The van der Waals surface area contributed by atoms with Gasteiger partial charge in [0.25, 0.3) is 0 Å². The quantitative estimate of drug-likeness (QED) is 0.308. The number of aliphatic hydroxyl groups is 1. The minimum Gasteiger partial charge on any atom is -0.477 e. The minimum absolute atomic E-state index is 0.0967. The summed E-state index contributed by atoms with van der Waals surface area (Å²) in [6, 6.07) is -0.0234. The van der Waals surface area contributed by atoms with Gasteiger partial charge in [-0.1, -0.05) is 6.92 Å². The van der Waals surface area contributed by atoms with Crippen LogP contribution in [-0.4, -0.2) is 99.8 Å². The molecule has 11 heteroatoms. The average Bonchev–Trinajstić information content (AvgIpc) is 3.28. The van der Waals surface area contributed by atoms with Crippen LogP contribution in [0.1, 0.15) is 20.3 Å². The molecule has 0 saturated carbocycles. The minimum atomic E-state index is -1.07.